The van der Waals surface area contributed by atoms with E-state index in [4.69, 9.17) is 0 Å². The number of piperidine rings is 1. The average Bonchev–Trinajstić information content (AvgIpc) is 2.92. The molecule has 0 spiro atoms. The summed E-state index contributed by atoms with van der Waals surface area (Å²) in [5.74, 6) is 0.118. The van der Waals surface area contributed by atoms with Gasteiger partial charge in [0.2, 0.25) is 5.91 Å². The summed E-state index contributed by atoms with van der Waals surface area (Å²) in [5.41, 5.74) is 0. The van der Waals surface area contributed by atoms with Gasteiger partial charge in [0.1, 0.15) is 4.21 Å². The maximum absolute atomic E-state index is 11.9. The summed E-state index contributed by atoms with van der Waals surface area (Å²) in [6, 6.07) is 3.16. The van der Waals surface area contributed by atoms with Crippen molar-refractivity contribution in [1.29, 1.82) is 0 Å². The molecule has 1 aromatic heterocycles. The minimum absolute atomic E-state index is 0.193. The van der Waals surface area contributed by atoms with Crippen molar-refractivity contribution < 1.29 is 13.2 Å². The van der Waals surface area contributed by atoms with E-state index in [2.05, 4.69) is 31.3 Å². The molecule has 1 unspecified atom stereocenters. The molecule has 0 bridgehead atoms. The number of halogens is 1. The Bertz CT molecular complexity index is 582. The van der Waals surface area contributed by atoms with Gasteiger partial charge in [-0.2, -0.15) is 0 Å². The molecule has 118 valence electrons. The smallest absolute Gasteiger partial charge is 0.250 e. The van der Waals surface area contributed by atoms with E-state index >= 15 is 0 Å². The molecule has 2 rings (SSSR count). The van der Waals surface area contributed by atoms with Crippen LogP contribution in [0.5, 0.6) is 0 Å². The predicted octanol–water partition coefficient (Wildman–Crippen LogP) is 0.905. The fourth-order valence-corrected chi connectivity index (χ4v) is 5.13. The van der Waals surface area contributed by atoms with Gasteiger partial charge in [0.15, 0.2) is 0 Å². The van der Waals surface area contributed by atoms with Crippen LogP contribution >= 0.6 is 27.3 Å². The highest BCUT2D eigenvalue weighted by Crippen LogP contribution is 2.25. The first-order valence-corrected chi connectivity index (χ1v) is 9.79. The minimum Gasteiger partial charge on any atom is -0.355 e. The molecule has 0 saturated carbocycles. The molecule has 1 aromatic rings. The molecule has 1 aliphatic heterocycles. The van der Waals surface area contributed by atoms with E-state index in [0.29, 0.717) is 12.5 Å². The number of carbonyl (C=O) groups is 1. The van der Waals surface area contributed by atoms with Crippen LogP contribution in [-0.2, 0) is 14.8 Å². The lowest BCUT2D eigenvalue weighted by atomic mass is 10.00. The van der Waals surface area contributed by atoms with Crippen molar-refractivity contribution in [1.82, 2.24) is 15.4 Å². The first-order chi connectivity index (χ1) is 9.97. The molecule has 1 amide bonds. The Morgan fingerprint density at radius 1 is 1.48 bits per heavy atom. The Balaban J connectivity index is 1.75. The standard InChI is InChI=1S/C12H18BrN3O3S2/c13-10-3-4-12(20-10)21(18,19)16-8-11(17)15-7-9-2-1-5-14-6-9/h3-4,9,14,16H,1-2,5-8H2,(H,15,17). The van der Waals surface area contributed by atoms with Gasteiger partial charge in [-0.15, -0.1) is 11.3 Å². The minimum atomic E-state index is -3.61. The van der Waals surface area contributed by atoms with Gasteiger partial charge in [-0.25, -0.2) is 13.1 Å². The third kappa shape index (κ3) is 5.33. The quantitative estimate of drug-likeness (QED) is 0.667. The molecular formula is C12H18BrN3O3S2. The van der Waals surface area contributed by atoms with Gasteiger partial charge in [-0.3, -0.25) is 4.79 Å². The highest BCUT2D eigenvalue weighted by Gasteiger charge is 2.18. The molecule has 9 heteroatoms. The summed E-state index contributed by atoms with van der Waals surface area (Å²) >= 11 is 4.32. The summed E-state index contributed by atoms with van der Waals surface area (Å²) in [6.07, 6.45) is 2.20. The SMILES string of the molecule is O=C(CNS(=O)(=O)c1ccc(Br)s1)NCC1CCCNC1. The summed E-state index contributed by atoms with van der Waals surface area (Å²) in [7, 11) is -3.61. The van der Waals surface area contributed by atoms with Crippen molar-refractivity contribution in [2.24, 2.45) is 5.92 Å². The van der Waals surface area contributed by atoms with Crippen LogP contribution in [0.15, 0.2) is 20.1 Å². The first kappa shape index (κ1) is 16.9. The molecule has 0 radical (unpaired) electrons. The molecular weight excluding hydrogens is 378 g/mol. The van der Waals surface area contributed by atoms with Crippen LogP contribution in [0.25, 0.3) is 0 Å². The lowest BCUT2D eigenvalue weighted by molar-refractivity contribution is -0.120. The van der Waals surface area contributed by atoms with Gasteiger partial charge in [-0.1, -0.05) is 0 Å². The van der Waals surface area contributed by atoms with Crippen molar-refractivity contribution in [3.8, 4) is 0 Å². The molecule has 1 saturated heterocycles. The van der Waals surface area contributed by atoms with Crippen molar-refractivity contribution in [2.75, 3.05) is 26.2 Å². The number of thiophene rings is 1. The Labute approximate surface area is 136 Å². The molecule has 1 fully saturated rings. The van der Waals surface area contributed by atoms with Crippen LogP contribution in [0, 0.1) is 5.92 Å². The van der Waals surface area contributed by atoms with Gasteiger partial charge in [0, 0.05) is 6.54 Å². The van der Waals surface area contributed by atoms with E-state index in [1.165, 1.54) is 6.07 Å². The molecule has 6 nitrogen and oxygen atoms in total. The first-order valence-electron chi connectivity index (χ1n) is 6.70. The van der Waals surface area contributed by atoms with Crippen molar-refractivity contribution in [3.63, 3.8) is 0 Å². The summed E-state index contributed by atoms with van der Waals surface area (Å²) in [5, 5.41) is 6.04. The Morgan fingerprint density at radius 2 is 2.29 bits per heavy atom. The van der Waals surface area contributed by atoms with Gasteiger partial charge >= 0.3 is 0 Å². The number of hydrogen-bond acceptors (Lipinski definition) is 5. The number of nitrogens with one attached hydrogen (secondary N) is 3. The maximum Gasteiger partial charge on any atom is 0.250 e. The van der Waals surface area contributed by atoms with Crippen molar-refractivity contribution >= 4 is 43.2 Å². The van der Waals surface area contributed by atoms with Crippen LogP contribution < -0.4 is 15.4 Å². The molecule has 3 N–H and O–H groups in total. The Hall–Kier alpha value is -0.480. The van der Waals surface area contributed by atoms with Crippen LogP contribution in [0.3, 0.4) is 0 Å². The third-order valence-corrected chi connectivity index (χ3v) is 6.74. The highest BCUT2D eigenvalue weighted by atomic mass is 79.9. The molecule has 0 aromatic carbocycles. The van der Waals surface area contributed by atoms with Gasteiger partial charge in [0.05, 0.1) is 10.3 Å². The van der Waals surface area contributed by atoms with Gasteiger partial charge in [0.25, 0.3) is 10.0 Å². The molecule has 21 heavy (non-hydrogen) atoms. The number of sulfonamides is 1. The highest BCUT2D eigenvalue weighted by molar-refractivity contribution is 9.11. The van der Waals surface area contributed by atoms with Crippen molar-refractivity contribution in [2.45, 2.75) is 17.1 Å². The fourth-order valence-electron chi connectivity index (χ4n) is 2.09. The Morgan fingerprint density at radius 3 is 2.90 bits per heavy atom. The van der Waals surface area contributed by atoms with Gasteiger partial charge in [-0.05, 0) is 59.9 Å². The van der Waals surface area contributed by atoms with E-state index in [1.807, 2.05) is 0 Å². The molecule has 1 atom stereocenters. The molecule has 1 aliphatic rings. The third-order valence-electron chi connectivity index (χ3n) is 3.22. The summed E-state index contributed by atoms with van der Waals surface area (Å²) in [6.45, 7) is 2.27. The number of hydrogen-bond donors (Lipinski definition) is 3. The zero-order valence-electron chi connectivity index (χ0n) is 11.4. The second-order valence-corrected chi connectivity index (χ2v) is 9.36. The Kier molecular flexibility index (Phi) is 6.18. The summed E-state index contributed by atoms with van der Waals surface area (Å²) < 4.78 is 27.1. The van der Waals surface area contributed by atoms with Crippen LogP contribution in [-0.4, -0.2) is 40.5 Å². The zero-order chi connectivity index (χ0) is 15.3. The van der Waals surface area contributed by atoms with Crippen LogP contribution in [0.2, 0.25) is 0 Å². The number of rotatable bonds is 6. The van der Waals surface area contributed by atoms with E-state index in [9.17, 15) is 13.2 Å². The average molecular weight is 396 g/mol. The van der Waals surface area contributed by atoms with E-state index in [1.54, 1.807) is 6.07 Å². The van der Waals surface area contributed by atoms with E-state index in [-0.39, 0.29) is 16.7 Å². The predicted molar refractivity (Wildman–Crippen MR) is 85.8 cm³/mol. The number of carbonyl (C=O) groups excluding carboxylic acids is 1. The normalized spacial score (nSPS) is 19.4. The number of amides is 1. The van der Waals surface area contributed by atoms with E-state index < -0.39 is 10.0 Å². The lowest BCUT2D eigenvalue weighted by Crippen LogP contribution is -2.42. The van der Waals surface area contributed by atoms with Crippen LogP contribution in [0.1, 0.15) is 12.8 Å². The van der Waals surface area contributed by atoms with E-state index in [0.717, 1.165) is 41.1 Å². The zero-order valence-corrected chi connectivity index (χ0v) is 14.6. The summed E-state index contributed by atoms with van der Waals surface area (Å²) in [4.78, 5) is 11.7. The second-order valence-electron chi connectivity index (χ2n) is 4.90. The maximum atomic E-state index is 11.9. The van der Waals surface area contributed by atoms with Crippen molar-refractivity contribution in [3.05, 3.63) is 15.9 Å². The molecule has 0 aliphatic carbocycles. The largest absolute Gasteiger partial charge is 0.355 e. The topological polar surface area (TPSA) is 87.3 Å². The fraction of sp³-hybridized carbons (Fsp3) is 0.583. The second kappa shape index (κ2) is 7.68. The monoisotopic (exact) mass is 395 g/mol. The molecule has 2 heterocycles. The lowest BCUT2D eigenvalue weighted by Gasteiger charge is -2.22. The van der Waals surface area contributed by atoms with Gasteiger partial charge < -0.3 is 10.6 Å². The van der Waals surface area contributed by atoms with Crippen LogP contribution in [0.4, 0.5) is 0 Å².